The second-order valence-electron chi connectivity index (χ2n) is 7.13. The van der Waals surface area contributed by atoms with Crippen molar-refractivity contribution < 1.29 is 14.6 Å². The van der Waals surface area contributed by atoms with Crippen molar-refractivity contribution in [3.05, 3.63) is 72.1 Å². The number of aromatic hydroxyl groups is 1. The number of phenolic OH excluding ortho intramolecular Hbond substituents is 1. The maximum atomic E-state index is 12.9. The van der Waals surface area contributed by atoms with Gasteiger partial charge in [-0.15, -0.1) is 0 Å². The molecule has 1 unspecified atom stereocenters. The van der Waals surface area contributed by atoms with Crippen LogP contribution >= 0.6 is 0 Å². The van der Waals surface area contributed by atoms with Crippen LogP contribution < -0.4 is 4.74 Å². The summed E-state index contributed by atoms with van der Waals surface area (Å²) < 4.78 is 7.05. The highest BCUT2D eigenvalue weighted by Crippen LogP contribution is 2.25. The van der Waals surface area contributed by atoms with Crippen molar-refractivity contribution in [1.29, 1.82) is 0 Å². The van der Waals surface area contributed by atoms with Gasteiger partial charge >= 0.3 is 0 Å². The molecule has 0 aliphatic carbocycles. The Morgan fingerprint density at radius 3 is 2.93 bits per heavy atom. The zero-order chi connectivity index (χ0) is 19.5. The minimum atomic E-state index is -0.000410. The zero-order valence-electron chi connectivity index (χ0n) is 15.8. The van der Waals surface area contributed by atoms with Gasteiger partial charge in [-0.05, 0) is 48.6 Å². The van der Waals surface area contributed by atoms with Crippen molar-refractivity contribution in [2.75, 3.05) is 20.2 Å². The third-order valence-electron chi connectivity index (χ3n) is 5.17. The largest absolute Gasteiger partial charge is 0.508 e. The Kier molecular flexibility index (Phi) is 5.02. The number of likely N-dealkylation sites (tertiary alicyclic amines) is 1. The summed E-state index contributed by atoms with van der Waals surface area (Å²) in [5.74, 6) is 1.39. The number of amides is 1. The first-order valence-electron chi connectivity index (χ1n) is 9.39. The fraction of sp³-hybridized carbons (Fsp3) is 0.273. The van der Waals surface area contributed by atoms with Gasteiger partial charge in [0.15, 0.2) is 0 Å². The van der Waals surface area contributed by atoms with E-state index in [2.05, 4.69) is 5.10 Å². The molecule has 2 aromatic carbocycles. The third-order valence-corrected chi connectivity index (χ3v) is 5.17. The maximum absolute atomic E-state index is 12.9. The monoisotopic (exact) mass is 377 g/mol. The van der Waals surface area contributed by atoms with Crippen LogP contribution in [0.1, 0.15) is 22.3 Å². The summed E-state index contributed by atoms with van der Waals surface area (Å²) in [5, 5.41) is 14.0. The molecule has 1 aromatic heterocycles. The van der Waals surface area contributed by atoms with Gasteiger partial charge in [-0.25, -0.2) is 4.68 Å². The molecule has 28 heavy (non-hydrogen) atoms. The molecule has 0 radical (unpaired) electrons. The molecule has 6 nitrogen and oxygen atoms in total. The van der Waals surface area contributed by atoms with E-state index in [0.717, 1.165) is 30.6 Å². The molecule has 1 amide bonds. The second kappa shape index (κ2) is 7.76. The minimum Gasteiger partial charge on any atom is -0.508 e. The second-order valence-corrected chi connectivity index (χ2v) is 7.13. The van der Waals surface area contributed by atoms with E-state index in [1.807, 2.05) is 41.3 Å². The van der Waals surface area contributed by atoms with E-state index in [-0.39, 0.29) is 11.7 Å². The normalized spacial score (nSPS) is 16.3. The van der Waals surface area contributed by atoms with Gasteiger partial charge in [0.25, 0.3) is 5.91 Å². The first-order valence-corrected chi connectivity index (χ1v) is 9.39. The number of nitrogens with zero attached hydrogens (tertiary/aromatic N) is 3. The van der Waals surface area contributed by atoms with Crippen molar-refractivity contribution in [3.8, 4) is 17.2 Å². The van der Waals surface area contributed by atoms with Crippen LogP contribution in [0.3, 0.4) is 0 Å². The number of hydrogen-bond acceptors (Lipinski definition) is 4. The number of phenols is 1. The van der Waals surface area contributed by atoms with Crippen LogP contribution in [-0.2, 0) is 6.42 Å². The summed E-state index contributed by atoms with van der Waals surface area (Å²) in [6, 6.07) is 14.9. The number of hydrogen-bond donors (Lipinski definition) is 1. The summed E-state index contributed by atoms with van der Waals surface area (Å²) >= 11 is 0. The van der Waals surface area contributed by atoms with E-state index in [1.54, 1.807) is 36.3 Å². The first-order chi connectivity index (χ1) is 13.6. The van der Waals surface area contributed by atoms with Gasteiger partial charge < -0.3 is 14.7 Å². The Balaban J connectivity index is 1.43. The standard InChI is InChI=1S/C22H23N3O3/c1-28-21-8-3-2-7-20(21)25-15-18(13-23-25)22(27)24-10-9-17(14-24)11-16-5-4-6-19(26)12-16/h2-8,12-13,15,17,26H,9-11,14H2,1H3. The molecule has 1 aliphatic heterocycles. The number of rotatable bonds is 5. The lowest BCUT2D eigenvalue weighted by Gasteiger charge is -2.15. The molecule has 144 valence electrons. The van der Waals surface area contributed by atoms with Gasteiger partial charge in [-0.3, -0.25) is 4.79 Å². The van der Waals surface area contributed by atoms with Gasteiger partial charge in [0.1, 0.15) is 17.2 Å². The predicted octanol–water partition coefficient (Wildman–Crippen LogP) is 3.29. The smallest absolute Gasteiger partial charge is 0.257 e. The molecule has 1 fully saturated rings. The summed E-state index contributed by atoms with van der Waals surface area (Å²) in [6.45, 7) is 1.45. The van der Waals surface area contributed by atoms with Crippen LogP contribution in [0.15, 0.2) is 60.9 Å². The molecule has 1 saturated heterocycles. The molecule has 0 spiro atoms. The van der Waals surface area contributed by atoms with E-state index >= 15 is 0 Å². The maximum Gasteiger partial charge on any atom is 0.257 e. The lowest BCUT2D eigenvalue weighted by Crippen LogP contribution is -2.28. The average molecular weight is 377 g/mol. The predicted molar refractivity (Wildman–Crippen MR) is 106 cm³/mol. The quantitative estimate of drug-likeness (QED) is 0.741. The molecular formula is C22H23N3O3. The molecule has 1 aliphatic rings. The molecule has 2 heterocycles. The molecule has 0 bridgehead atoms. The highest BCUT2D eigenvalue weighted by molar-refractivity contribution is 5.94. The summed E-state index contributed by atoms with van der Waals surface area (Å²) in [5.41, 5.74) is 2.47. The molecule has 0 saturated carbocycles. The Bertz CT molecular complexity index is 982. The molecular weight excluding hydrogens is 354 g/mol. The van der Waals surface area contributed by atoms with Gasteiger partial charge in [-0.1, -0.05) is 24.3 Å². The summed E-state index contributed by atoms with van der Waals surface area (Å²) in [6.07, 6.45) is 5.18. The molecule has 1 atom stereocenters. The number of carbonyl (C=O) groups is 1. The van der Waals surface area contributed by atoms with E-state index in [0.29, 0.717) is 23.8 Å². The van der Waals surface area contributed by atoms with Crippen LogP contribution in [0.4, 0.5) is 0 Å². The van der Waals surface area contributed by atoms with Gasteiger partial charge in [0.2, 0.25) is 0 Å². The Labute approximate surface area is 164 Å². The number of para-hydroxylation sites is 2. The number of carbonyl (C=O) groups excluding carboxylic acids is 1. The van der Waals surface area contributed by atoms with E-state index in [9.17, 15) is 9.90 Å². The fourth-order valence-electron chi connectivity index (χ4n) is 3.77. The van der Waals surface area contributed by atoms with Gasteiger partial charge in [-0.2, -0.15) is 5.10 Å². The van der Waals surface area contributed by atoms with E-state index in [1.165, 1.54) is 0 Å². The van der Waals surface area contributed by atoms with E-state index < -0.39 is 0 Å². The summed E-state index contributed by atoms with van der Waals surface area (Å²) in [4.78, 5) is 14.8. The number of methoxy groups -OCH3 is 1. The lowest BCUT2D eigenvalue weighted by molar-refractivity contribution is 0.0787. The summed E-state index contributed by atoms with van der Waals surface area (Å²) in [7, 11) is 1.62. The first kappa shape index (κ1) is 18.1. The third kappa shape index (κ3) is 3.71. The Morgan fingerprint density at radius 1 is 1.25 bits per heavy atom. The Morgan fingerprint density at radius 2 is 2.11 bits per heavy atom. The SMILES string of the molecule is COc1ccccc1-n1cc(C(=O)N2CCC(Cc3cccc(O)c3)C2)cn1. The Hall–Kier alpha value is -3.28. The van der Waals surface area contributed by atoms with Crippen molar-refractivity contribution in [1.82, 2.24) is 14.7 Å². The number of ether oxygens (including phenoxy) is 1. The number of aromatic nitrogens is 2. The van der Waals surface area contributed by atoms with Gasteiger partial charge in [0, 0.05) is 19.3 Å². The van der Waals surface area contributed by atoms with Crippen LogP contribution in [0.5, 0.6) is 11.5 Å². The average Bonchev–Trinajstić information content (AvgIpc) is 3.37. The van der Waals surface area contributed by atoms with Gasteiger partial charge in [0.05, 0.1) is 18.9 Å². The fourth-order valence-corrected chi connectivity index (χ4v) is 3.77. The number of benzene rings is 2. The molecule has 1 N–H and O–H groups in total. The molecule has 3 aromatic rings. The van der Waals surface area contributed by atoms with E-state index in [4.69, 9.17) is 4.74 Å². The van der Waals surface area contributed by atoms with Crippen molar-refractivity contribution in [2.45, 2.75) is 12.8 Å². The van der Waals surface area contributed by atoms with Crippen LogP contribution in [0.2, 0.25) is 0 Å². The highest BCUT2D eigenvalue weighted by atomic mass is 16.5. The zero-order valence-corrected chi connectivity index (χ0v) is 15.8. The van der Waals surface area contributed by atoms with Crippen LogP contribution in [-0.4, -0.2) is 45.9 Å². The minimum absolute atomic E-state index is 0.000410. The van der Waals surface area contributed by atoms with Crippen molar-refractivity contribution in [2.24, 2.45) is 5.92 Å². The van der Waals surface area contributed by atoms with Crippen molar-refractivity contribution in [3.63, 3.8) is 0 Å². The highest BCUT2D eigenvalue weighted by Gasteiger charge is 2.28. The molecule has 6 heteroatoms. The van der Waals surface area contributed by atoms with Crippen molar-refractivity contribution >= 4 is 5.91 Å². The molecule has 4 rings (SSSR count). The topological polar surface area (TPSA) is 67.6 Å². The van der Waals surface area contributed by atoms with Crippen LogP contribution in [0, 0.1) is 5.92 Å². The van der Waals surface area contributed by atoms with Crippen LogP contribution in [0.25, 0.3) is 5.69 Å². The lowest BCUT2D eigenvalue weighted by atomic mass is 9.98.